The van der Waals surface area contributed by atoms with Gasteiger partial charge in [0.15, 0.2) is 6.10 Å². The standard InChI is InChI=1S/C48H82NO11P/c1-6-8-10-11-12-13-14-15-16-17-18-19-20-21-22-23-29-33-48(54)60-42(40-59-61(55,56)58-37-36-49(3,4)5)39-57-47(53)32-28-25-24-27-31-43-44(46(52)38-45(43)51)35-34-41(50)30-26-9-7-2/h8,10,12-13,15-16,18-19,34-35,41-44,46,50,52H,6-7,9,11,14,17,20-33,36-40H2,1-5H3/p+1/b10-8-,13-12-,16-15-,19-18-,35-34+/t41-,42+,43+,44+,46+/m0/s1. The molecule has 1 saturated carbocycles. The quantitative estimate of drug-likeness (QED) is 0.0179. The van der Waals surface area contributed by atoms with Crippen molar-refractivity contribution in [3.05, 3.63) is 60.8 Å². The van der Waals surface area contributed by atoms with Crippen LogP contribution in [0.4, 0.5) is 0 Å². The minimum absolute atomic E-state index is 0.0150. The van der Waals surface area contributed by atoms with Crippen LogP contribution in [-0.4, -0.2) is 103 Å². The first kappa shape index (κ1) is 56.3. The smallest absolute Gasteiger partial charge is 0.462 e. The Balaban J connectivity index is 2.47. The average molecular weight is 881 g/mol. The molecule has 1 aliphatic rings. The summed E-state index contributed by atoms with van der Waals surface area (Å²) in [5, 5.41) is 20.8. The van der Waals surface area contributed by atoms with Gasteiger partial charge >= 0.3 is 19.8 Å². The van der Waals surface area contributed by atoms with Crippen LogP contribution in [0.5, 0.6) is 0 Å². The third-order valence-electron chi connectivity index (χ3n) is 10.4. The molecule has 1 aliphatic carbocycles. The van der Waals surface area contributed by atoms with Crippen molar-refractivity contribution in [3.63, 3.8) is 0 Å². The number of esters is 2. The molecule has 13 heteroatoms. The molecule has 1 fully saturated rings. The number of hydrogen-bond donors (Lipinski definition) is 3. The van der Waals surface area contributed by atoms with Crippen molar-refractivity contribution in [3.8, 4) is 0 Å². The molecular formula is C48H83NO11P+. The van der Waals surface area contributed by atoms with Crippen molar-refractivity contribution >= 4 is 25.5 Å². The minimum Gasteiger partial charge on any atom is -0.462 e. The maximum Gasteiger partial charge on any atom is 0.472 e. The molecule has 0 radical (unpaired) electrons. The molecule has 0 aromatic carbocycles. The molecule has 6 atom stereocenters. The number of rotatable bonds is 37. The highest BCUT2D eigenvalue weighted by molar-refractivity contribution is 7.47. The fraction of sp³-hybridized carbons (Fsp3) is 0.729. The number of carbonyl (C=O) groups excluding carboxylic acids is 3. The van der Waals surface area contributed by atoms with Crippen LogP contribution >= 0.6 is 7.82 Å². The predicted molar refractivity (Wildman–Crippen MR) is 243 cm³/mol. The molecule has 1 unspecified atom stereocenters. The third kappa shape index (κ3) is 31.7. The number of Topliss-reactive ketones (excluding diaryl/α,β-unsaturated/α-hetero) is 1. The van der Waals surface area contributed by atoms with Gasteiger partial charge in [0, 0.05) is 31.1 Å². The number of allylic oxidation sites excluding steroid dienone is 8. The van der Waals surface area contributed by atoms with E-state index >= 15 is 0 Å². The number of ketones is 1. The summed E-state index contributed by atoms with van der Waals surface area (Å²) < 4.78 is 34.3. The van der Waals surface area contributed by atoms with Gasteiger partial charge in [0.1, 0.15) is 25.5 Å². The summed E-state index contributed by atoms with van der Waals surface area (Å²) >= 11 is 0. The summed E-state index contributed by atoms with van der Waals surface area (Å²) in [6.45, 7) is 3.89. The van der Waals surface area contributed by atoms with Crippen molar-refractivity contribution in [2.45, 2.75) is 167 Å². The summed E-state index contributed by atoms with van der Waals surface area (Å²) in [5.41, 5.74) is 0. The molecule has 0 bridgehead atoms. The molecule has 0 amide bonds. The Morgan fingerprint density at radius 2 is 1.39 bits per heavy atom. The van der Waals surface area contributed by atoms with E-state index in [0.29, 0.717) is 36.7 Å². The van der Waals surface area contributed by atoms with E-state index in [4.69, 9.17) is 18.5 Å². The SMILES string of the molecule is CC/C=C\C/C=C\C/C=C\C/C=C\CCCCCCC(=O)O[C@H](COC(=O)CCCCCC[C@H]1C(=O)C[C@@H](O)[C@@H]1/C=C/[C@@H](O)CCCCC)COP(=O)(O)OCC[N+](C)(C)C. The highest BCUT2D eigenvalue weighted by atomic mass is 31.2. The van der Waals surface area contributed by atoms with Crippen molar-refractivity contribution in [2.75, 3.05) is 47.5 Å². The summed E-state index contributed by atoms with van der Waals surface area (Å²) in [7, 11) is 1.32. The van der Waals surface area contributed by atoms with E-state index in [0.717, 1.165) is 89.9 Å². The van der Waals surface area contributed by atoms with Gasteiger partial charge in [-0.2, -0.15) is 0 Å². The van der Waals surface area contributed by atoms with Crippen LogP contribution in [0.15, 0.2) is 60.8 Å². The monoisotopic (exact) mass is 881 g/mol. The number of phosphoric acid groups is 1. The maximum absolute atomic E-state index is 12.7. The number of phosphoric ester groups is 1. The van der Waals surface area contributed by atoms with Gasteiger partial charge in [0.05, 0.1) is 40.0 Å². The molecule has 0 heterocycles. The number of carbonyl (C=O) groups is 3. The van der Waals surface area contributed by atoms with Crippen molar-refractivity contribution in [1.29, 1.82) is 0 Å². The highest BCUT2D eigenvalue weighted by Gasteiger charge is 2.39. The van der Waals surface area contributed by atoms with Gasteiger partial charge in [-0.25, -0.2) is 4.57 Å². The Bertz CT molecular complexity index is 1390. The number of ether oxygens (including phenoxy) is 2. The molecule has 350 valence electrons. The van der Waals surface area contributed by atoms with Gasteiger partial charge in [-0.15, -0.1) is 0 Å². The summed E-state index contributed by atoms with van der Waals surface area (Å²) in [6, 6.07) is 0. The Morgan fingerprint density at radius 3 is 2.03 bits per heavy atom. The van der Waals surface area contributed by atoms with E-state index in [-0.39, 0.29) is 50.1 Å². The number of nitrogens with zero attached hydrogens (tertiary/aromatic N) is 1. The van der Waals surface area contributed by atoms with Crippen LogP contribution in [0, 0.1) is 11.8 Å². The van der Waals surface area contributed by atoms with Crippen molar-refractivity contribution < 1.29 is 57.1 Å². The fourth-order valence-corrected chi connectivity index (χ4v) is 7.52. The number of aliphatic hydroxyl groups excluding tert-OH is 2. The van der Waals surface area contributed by atoms with Crippen molar-refractivity contribution in [1.82, 2.24) is 0 Å². The Kier molecular flexibility index (Phi) is 32.1. The van der Waals surface area contributed by atoms with E-state index in [9.17, 15) is 34.1 Å². The molecule has 0 saturated heterocycles. The molecule has 0 aliphatic heterocycles. The average Bonchev–Trinajstić information content (AvgIpc) is 3.47. The van der Waals surface area contributed by atoms with Gasteiger partial charge in [-0.3, -0.25) is 23.4 Å². The van der Waals surface area contributed by atoms with Crippen LogP contribution in [0.1, 0.15) is 149 Å². The molecule has 1 rings (SSSR count). The summed E-state index contributed by atoms with van der Waals surface area (Å²) in [6.07, 6.45) is 34.5. The second-order valence-electron chi connectivity index (χ2n) is 17.2. The highest BCUT2D eigenvalue weighted by Crippen LogP contribution is 2.43. The number of aliphatic hydroxyl groups is 2. The Hall–Kier alpha value is -2.70. The maximum atomic E-state index is 12.7. The van der Waals surface area contributed by atoms with Gasteiger partial charge in [-0.1, -0.05) is 126 Å². The molecule has 0 aromatic rings. The van der Waals surface area contributed by atoms with E-state index in [1.807, 2.05) is 27.2 Å². The third-order valence-corrected chi connectivity index (χ3v) is 11.4. The normalized spacial score (nSPS) is 19.5. The largest absolute Gasteiger partial charge is 0.472 e. The second kappa shape index (κ2) is 34.7. The molecule has 0 spiro atoms. The second-order valence-corrected chi connectivity index (χ2v) is 18.6. The lowest BCUT2D eigenvalue weighted by Crippen LogP contribution is -2.37. The Labute approximate surface area is 368 Å². The van der Waals surface area contributed by atoms with Gasteiger partial charge in [0.2, 0.25) is 0 Å². The summed E-state index contributed by atoms with van der Waals surface area (Å²) in [5.74, 6) is -1.52. The van der Waals surface area contributed by atoms with E-state index in [1.54, 1.807) is 6.08 Å². The molecule has 12 nitrogen and oxygen atoms in total. The summed E-state index contributed by atoms with van der Waals surface area (Å²) in [4.78, 5) is 48.2. The number of likely N-dealkylation sites (N-methyl/N-ethyl adjacent to an activating group) is 1. The first-order valence-electron chi connectivity index (χ1n) is 23.1. The van der Waals surface area contributed by atoms with Crippen LogP contribution in [-0.2, 0) is 37.5 Å². The predicted octanol–water partition coefficient (Wildman–Crippen LogP) is 9.83. The van der Waals surface area contributed by atoms with E-state index < -0.39 is 44.7 Å². The van der Waals surface area contributed by atoms with Crippen LogP contribution in [0.3, 0.4) is 0 Å². The lowest BCUT2D eigenvalue weighted by Gasteiger charge is -2.24. The first-order chi connectivity index (χ1) is 29.2. The van der Waals surface area contributed by atoms with Gasteiger partial charge in [0.25, 0.3) is 0 Å². The van der Waals surface area contributed by atoms with E-state index in [2.05, 4.69) is 62.5 Å². The molecule has 61 heavy (non-hydrogen) atoms. The molecule has 0 aromatic heterocycles. The number of quaternary nitrogens is 1. The van der Waals surface area contributed by atoms with Crippen LogP contribution < -0.4 is 0 Å². The molecule has 3 N–H and O–H groups in total. The van der Waals surface area contributed by atoms with E-state index in [1.165, 1.54) is 0 Å². The van der Waals surface area contributed by atoms with Crippen molar-refractivity contribution in [2.24, 2.45) is 11.8 Å². The minimum atomic E-state index is -4.45. The fourth-order valence-electron chi connectivity index (χ4n) is 6.78. The topological polar surface area (TPSA) is 166 Å². The zero-order valence-corrected chi connectivity index (χ0v) is 39.2. The van der Waals surface area contributed by atoms with Crippen LogP contribution in [0.2, 0.25) is 0 Å². The Morgan fingerprint density at radius 1 is 0.787 bits per heavy atom. The van der Waals surface area contributed by atoms with Gasteiger partial charge < -0.3 is 29.1 Å². The zero-order chi connectivity index (χ0) is 45.2. The number of hydrogen-bond acceptors (Lipinski definition) is 10. The van der Waals surface area contributed by atoms with Crippen LogP contribution in [0.25, 0.3) is 0 Å². The molecular weight excluding hydrogens is 797 g/mol. The number of unbranched alkanes of at least 4 members (excludes halogenated alkanes) is 9. The lowest BCUT2D eigenvalue weighted by molar-refractivity contribution is -0.870. The zero-order valence-electron chi connectivity index (χ0n) is 38.3. The lowest BCUT2D eigenvalue weighted by atomic mass is 9.88. The first-order valence-corrected chi connectivity index (χ1v) is 24.6. The van der Waals surface area contributed by atoms with Gasteiger partial charge in [-0.05, 0) is 64.2 Å².